The van der Waals surface area contributed by atoms with E-state index in [9.17, 15) is 8.42 Å². The minimum atomic E-state index is -2.81. The van der Waals surface area contributed by atoms with Crippen molar-refractivity contribution in [1.82, 2.24) is 4.90 Å². The van der Waals surface area contributed by atoms with Gasteiger partial charge in [-0.25, -0.2) is 8.42 Å². The highest BCUT2D eigenvalue weighted by molar-refractivity contribution is 9.09. The first-order valence-corrected chi connectivity index (χ1v) is 8.69. The van der Waals surface area contributed by atoms with E-state index in [4.69, 9.17) is 0 Å². The quantitative estimate of drug-likeness (QED) is 0.700. The Balaban J connectivity index is 2.33. The standard InChI is InChI=1S/C10H20BrNO2S/c1-15(13,14)9-8-12-7-3-5-10(12)4-2-6-11/h10H,2-9H2,1H3. The van der Waals surface area contributed by atoms with Gasteiger partial charge in [0.25, 0.3) is 0 Å². The van der Waals surface area contributed by atoms with Gasteiger partial charge in [0.2, 0.25) is 0 Å². The minimum Gasteiger partial charge on any atom is -0.299 e. The van der Waals surface area contributed by atoms with Gasteiger partial charge in [0.15, 0.2) is 0 Å². The zero-order chi connectivity index (χ0) is 11.3. The average molecular weight is 298 g/mol. The van der Waals surface area contributed by atoms with Gasteiger partial charge in [-0.05, 0) is 32.2 Å². The van der Waals surface area contributed by atoms with E-state index in [1.807, 2.05) is 0 Å². The molecule has 0 spiro atoms. The Morgan fingerprint density at radius 2 is 2.20 bits per heavy atom. The molecule has 15 heavy (non-hydrogen) atoms. The molecule has 5 heteroatoms. The van der Waals surface area contributed by atoms with Crippen molar-refractivity contribution in [2.75, 3.05) is 30.4 Å². The van der Waals surface area contributed by atoms with Crippen LogP contribution in [0.25, 0.3) is 0 Å². The van der Waals surface area contributed by atoms with E-state index >= 15 is 0 Å². The minimum absolute atomic E-state index is 0.303. The first kappa shape index (κ1) is 13.5. The van der Waals surface area contributed by atoms with Crippen LogP contribution in [0.2, 0.25) is 0 Å². The molecule has 90 valence electrons. The fraction of sp³-hybridized carbons (Fsp3) is 1.00. The molecule has 0 aromatic rings. The highest BCUT2D eigenvalue weighted by Gasteiger charge is 2.24. The zero-order valence-corrected chi connectivity index (χ0v) is 11.7. The Morgan fingerprint density at radius 3 is 2.80 bits per heavy atom. The van der Waals surface area contributed by atoms with E-state index in [-0.39, 0.29) is 0 Å². The summed E-state index contributed by atoms with van der Waals surface area (Å²) in [5, 5.41) is 1.05. The molecule has 1 aliphatic rings. The second kappa shape index (κ2) is 6.21. The number of alkyl halides is 1. The van der Waals surface area contributed by atoms with Crippen LogP contribution in [0.4, 0.5) is 0 Å². The predicted octanol–water partition coefficient (Wildman–Crippen LogP) is 1.67. The van der Waals surface area contributed by atoms with Crippen molar-refractivity contribution < 1.29 is 8.42 Å². The van der Waals surface area contributed by atoms with Crippen LogP contribution >= 0.6 is 15.9 Å². The molecular formula is C10H20BrNO2S. The topological polar surface area (TPSA) is 37.4 Å². The molecule has 1 atom stereocenters. The van der Waals surface area contributed by atoms with Crippen molar-refractivity contribution in [2.45, 2.75) is 31.7 Å². The lowest BCUT2D eigenvalue weighted by atomic mass is 10.1. The van der Waals surface area contributed by atoms with Crippen LogP contribution in [0.5, 0.6) is 0 Å². The molecular weight excluding hydrogens is 278 g/mol. The number of likely N-dealkylation sites (tertiary alicyclic amines) is 1. The summed E-state index contributed by atoms with van der Waals surface area (Å²) >= 11 is 3.43. The molecule has 0 bridgehead atoms. The highest BCUT2D eigenvalue weighted by atomic mass is 79.9. The molecule has 1 saturated heterocycles. The number of hydrogen-bond acceptors (Lipinski definition) is 3. The smallest absolute Gasteiger partial charge is 0.148 e. The molecule has 1 heterocycles. The van der Waals surface area contributed by atoms with Crippen LogP contribution in [-0.4, -0.2) is 49.8 Å². The van der Waals surface area contributed by atoms with Crippen LogP contribution in [0.15, 0.2) is 0 Å². The summed E-state index contributed by atoms with van der Waals surface area (Å²) in [6.07, 6.45) is 6.14. The number of hydrogen-bond donors (Lipinski definition) is 0. The summed E-state index contributed by atoms with van der Waals surface area (Å²) in [5.74, 6) is 0.303. The summed E-state index contributed by atoms with van der Waals surface area (Å²) < 4.78 is 22.1. The van der Waals surface area contributed by atoms with Gasteiger partial charge in [0.05, 0.1) is 5.75 Å². The zero-order valence-electron chi connectivity index (χ0n) is 9.28. The first-order valence-electron chi connectivity index (χ1n) is 5.50. The third-order valence-electron chi connectivity index (χ3n) is 2.92. The highest BCUT2D eigenvalue weighted by Crippen LogP contribution is 2.21. The van der Waals surface area contributed by atoms with E-state index in [2.05, 4.69) is 20.8 Å². The van der Waals surface area contributed by atoms with Gasteiger partial charge < -0.3 is 0 Å². The van der Waals surface area contributed by atoms with Gasteiger partial charge in [-0.15, -0.1) is 0 Å². The molecule has 0 aromatic heterocycles. The van der Waals surface area contributed by atoms with Crippen LogP contribution < -0.4 is 0 Å². The average Bonchev–Trinajstić information content (AvgIpc) is 2.57. The Kier molecular flexibility index (Phi) is 5.57. The Morgan fingerprint density at radius 1 is 1.47 bits per heavy atom. The maximum absolute atomic E-state index is 11.1. The largest absolute Gasteiger partial charge is 0.299 e. The summed E-state index contributed by atoms with van der Waals surface area (Å²) in [7, 11) is -2.81. The molecule has 1 aliphatic heterocycles. The fourth-order valence-corrected chi connectivity index (χ4v) is 3.00. The molecule has 1 unspecified atom stereocenters. The molecule has 1 fully saturated rings. The maximum Gasteiger partial charge on any atom is 0.148 e. The van der Waals surface area contributed by atoms with Gasteiger partial charge >= 0.3 is 0 Å². The third kappa shape index (κ3) is 5.31. The number of sulfone groups is 1. The lowest BCUT2D eigenvalue weighted by Gasteiger charge is -2.23. The molecule has 0 aromatic carbocycles. The fourth-order valence-electron chi connectivity index (χ4n) is 2.11. The molecule has 3 nitrogen and oxygen atoms in total. The van der Waals surface area contributed by atoms with Crippen molar-refractivity contribution in [3.05, 3.63) is 0 Å². The van der Waals surface area contributed by atoms with Crippen molar-refractivity contribution in [2.24, 2.45) is 0 Å². The van der Waals surface area contributed by atoms with Crippen LogP contribution in [0.1, 0.15) is 25.7 Å². The van der Waals surface area contributed by atoms with Gasteiger partial charge in [0, 0.05) is 24.2 Å². The number of rotatable bonds is 6. The second-order valence-electron chi connectivity index (χ2n) is 4.29. The van der Waals surface area contributed by atoms with Crippen LogP contribution in [0, 0.1) is 0 Å². The van der Waals surface area contributed by atoms with Crippen molar-refractivity contribution in [1.29, 1.82) is 0 Å². The third-order valence-corrected chi connectivity index (χ3v) is 4.40. The van der Waals surface area contributed by atoms with Crippen LogP contribution in [0.3, 0.4) is 0 Å². The van der Waals surface area contributed by atoms with E-state index in [0.29, 0.717) is 18.3 Å². The van der Waals surface area contributed by atoms with Gasteiger partial charge in [-0.2, -0.15) is 0 Å². The summed E-state index contributed by atoms with van der Waals surface area (Å²) in [4.78, 5) is 2.34. The monoisotopic (exact) mass is 297 g/mol. The second-order valence-corrected chi connectivity index (χ2v) is 7.35. The lowest BCUT2D eigenvalue weighted by molar-refractivity contribution is 0.256. The van der Waals surface area contributed by atoms with Crippen molar-refractivity contribution in [3.63, 3.8) is 0 Å². The molecule has 0 aliphatic carbocycles. The van der Waals surface area contributed by atoms with Crippen LogP contribution in [-0.2, 0) is 9.84 Å². The SMILES string of the molecule is CS(=O)(=O)CCN1CCCC1CCCBr. The Labute approximate surface area is 101 Å². The normalized spacial score (nSPS) is 23.5. The maximum atomic E-state index is 11.1. The van der Waals surface area contributed by atoms with E-state index in [1.165, 1.54) is 31.9 Å². The van der Waals surface area contributed by atoms with Gasteiger partial charge in [-0.1, -0.05) is 15.9 Å². The molecule has 1 rings (SSSR count). The molecule has 0 N–H and O–H groups in total. The summed E-state index contributed by atoms with van der Waals surface area (Å²) in [6, 6.07) is 0.615. The summed E-state index contributed by atoms with van der Waals surface area (Å²) in [5.41, 5.74) is 0. The lowest BCUT2D eigenvalue weighted by Crippen LogP contribution is -2.33. The van der Waals surface area contributed by atoms with E-state index in [0.717, 1.165) is 11.9 Å². The number of halogens is 1. The Hall–Kier alpha value is 0.390. The predicted molar refractivity (Wildman–Crippen MR) is 67.3 cm³/mol. The molecule has 0 radical (unpaired) electrons. The van der Waals surface area contributed by atoms with Crippen molar-refractivity contribution in [3.8, 4) is 0 Å². The van der Waals surface area contributed by atoms with E-state index < -0.39 is 9.84 Å². The van der Waals surface area contributed by atoms with Gasteiger partial charge in [-0.3, -0.25) is 4.90 Å². The molecule has 0 amide bonds. The van der Waals surface area contributed by atoms with Gasteiger partial charge in [0.1, 0.15) is 9.84 Å². The van der Waals surface area contributed by atoms with E-state index in [1.54, 1.807) is 0 Å². The molecule has 0 saturated carbocycles. The number of nitrogens with zero attached hydrogens (tertiary/aromatic N) is 1. The first-order chi connectivity index (χ1) is 7.03. The summed E-state index contributed by atoms with van der Waals surface area (Å²) in [6.45, 7) is 1.79. The Bertz CT molecular complexity index is 279. The van der Waals surface area contributed by atoms with Crippen molar-refractivity contribution >= 4 is 25.8 Å².